The number of carbonyl (C=O) groups excluding carboxylic acids is 1. The van der Waals surface area contributed by atoms with E-state index in [-0.39, 0.29) is 17.9 Å². The van der Waals surface area contributed by atoms with E-state index in [1.54, 1.807) is 30.4 Å². The molecular weight excluding hydrogens is 304 g/mol. The number of rotatable bonds is 6. The van der Waals surface area contributed by atoms with Crippen molar-refractivity contribution in [3.63, 3.8) is 0 Å². The highest BCUT2D eigenvalue weighted by molar-refractivity contribution is 5.82. The summed E-state index contributed by atoms with van der Waals surface area (Å²) < 4.78 is 3.68. The minimum atomic E-state index is -0.0260. The molecule has 3 aromatic rings. The molecule has 6 heteroatoms. The Balaban J connectivity index is 1.64. The molecule has 0 saturated carbocycles. The van der Waals surface area contributed by atoms with Crippen molar-refractivity contribution in [2.75, 3.05) is 13.6 Å². The predicted molar refractivity (Wildman–Crippen MR) is 92.7 cm³/mol. The molecule has 3 rings (SSSR count). The number of fused-ring (bicyclic) bond motifs is 1. The number of aryl methyl sites for hydroxylation is 1. The molecular formula is C18H20N4O2. The van der Waals surface area contributed by atoms with Gasteiger partial charge in [0.25, 0.3) is 0 Å². The Morgan fingerprint density at radius 2 is 2.00 bits per heavy atom. The van der Waals surface area contributed by atoms with Crippen molar-refractivity contribution in [2.45, 2.75) is 19.5 Å². The Hall–Kier alpha value is -2.89. The fourth-order valence-electron chi connectivity index (χ4n) is 2.69. The molecule has 0 aliphatic heterocycles. The predicted octanol–water partition coefficient (Wildman–Crippen LogP) is 1.75. The summed E-state index contributed by atoms with van der Waals surface area (Å²) in [6, 6.07) is 10.7. The van der Waals surface area contributed by atoms with Gasteiger partial charge in [0.1, 0.15) is 6.54 Å². The van der Waals surface area contributed by atoms with Gasteiger partial charge in [0.05, 0.1) is 5.52 Å². The highest BCUT2D eigenvalue weighted by Crippen LogP contribution is 2.09. The van der Waals surface area contributed by atoms with Gasteiger partial charge in [-0.1, -0.05) is 12.1 Å². The van der Waals surface area contributed by atoms with Crippen LogP contribution < -0.4 is 5.43 Å². The topological polar surface area (TPSA) is 60.1 Å². The number of aromatic nitrogens is 3. The lowest BCUT2D eigenvalue weighted by molar-refractivity contribution is -0.130. The Kier molecular flexibility index (Phi) is 4.74. The van der Waals surface area contributed by atoms with Gasteiger partial charge in [0, 0.05) is 50.2 Å². The average Bonchev–Trinajstić information content (AvgIpc) is 3.11. The maximum absolute atomic E-state index is 12.4. The zero-order chi connectivity index (χ0) is 16.9. The molecule has 0 aliphatic carbocycles. The number of likely N-dealkylation sites (N-methyl/N-ethyl adjacent to an activating group) is 1. The molecule has 0 spiro atoms. The number of carbonyl (C=O) groups is 1. The molecule has 124 valence electrons. The SMILES string of the molecule is CN(CCCn1cccn1)C(=O)Cn1ccc(=O)c2ccccc21. The zero-order valence-electron chi connectivity index (χ0n) is 13.6. The summed E-state index contributed by atoms with van der Waals surface area (Å²) in [7, 11) is 1.80. The quantitative estimate of drug-likeness (QED) is 0.694. The summed E-state index contributed by atoms with van der Waals surface area (Å²) in [5.41, 5.74) is 0.755. The molecule has 1 aromatic carbocycles. The number of amides is 1. The van der Waals surface area contributed by atoms with Gasteiger partial charge in [-0.15, -0.1) is 0 Å². The molecule has 0 saturated heterocycles. The Bertz CT molecular complexity index is 883. The van der Waals surface area contributed by atoms with E-state index in [1.165, 1.54) is 6.07 Å². The number of hydrogen-bond acceptors (Lipinski definition) is 3. The molecule has 1 amide bonds. The molecule has 0 bridgehead atoms. The number of nitrogens with zero attached hydrogens (tertiary/aromatic N) is 4. The smallest absolute Gasteiger partial charge is 0.242 e. The maximum Gasteiger partial charge on any atom is 0.242 e. The van der Waals surface area contributed by atoms with Crippen molar-refractivity contribution in [2.24, 2.45) is 0 Å². The molecule has 6 nitrogen and oxygen atoms in total. The van der Waals surface area contributed by atoms with Gasteiger partial charge in [-0.2, -0.15) is 5.10 Å². The highest BCUT2D eigenvalue weighted by atomic mass is 16.2. The molecule has 0 fully saturated rings. The molecule has 24 heavy (non-hydrogen) atoms. The van der Waals surface area contributed by atoms with E-state index >= 15 is 0 Å². The summed E-state index contributed by atoms with van der Waals surface area (Å²) in [4.78, 5) is 26.0. The van der Waals surface area contributed by atoms with Gasteiger partial charge in [-0.05, 0) is 24.6 Å². The number of para-hydroxylation sites is 1. The van der Waals surface area contributed by atoms with Crippen LogP contribution >= 0.6 is 0 Å². The first-order valence-corrected chi connectivity index (χ1v) is 7.95. The van der Waals surface area contributed by atoms with Crippen LogP contribution in [0.15, 0.2) is 59.8 Å². The minimum Gasteiger partial charge on any atom is -0.344 e. The Labute approximate surface area is 139 Å². The van der Waals surface area contributed by atoms with Gasteiger partial charge < -0.3 is 9.47 Å². The highest BCUT2D eigenvalue weighted by Gasteiger charge is 2.11. The normalized spacial score (nSPS) is 10.9. The molecule has 0 N–H and O–H groups in total. The van der Waals surface area contributed by atoms with Gasteiger partial charge in [0.15, 0.2) is 5.43 Å². The Morgan fingerprint density at radius 1 is 1.17 bits per heavy atom. The third-order valence-corrected chi connectivity index (χ3v) is 4.06. The standard InChI is InChI=1S/C18H20N4O2/c1-20(10-5-12-22-11-4-9-19-22)18(24)14-21-13-8-17(23)15-6-2-3-7-16(15)21/h2-4,6-9,11,13H,5,10,12,14H2,1H3. The van der Waals surface area contributed by atoms with Gasteiger partial charge in [0.2, 0.25) is 5.91 Å². The number of pyridine rings is 1. The maximum atomic E-state index is 12.4. The lowest BCUT2D eigenvalue weighted by atomic mass is 10.2. The third-order valence-electron chi connectivity index (χ3n) is 4.06. The first-order chi connectivity index (χ1) is 11.6. The molecule has 0 atom stereocenters. The van der Waals surface area contributed by atoms with Crippen molar-refractivity contribution >= 4 is 16.8 Å². The second-order valence-corrected chi connectivity index (χ2v) is 5.76. The number of hydrogen-bond donors (Lipinski definition) is 0. The monoisotopic (exact) mass is 324 g/mol. The second kappa shape index (κ2) is 7.12. The fourth-order valence-corrected chi connectivity index (χ4v) is 2.69. The Morgan fingerprint density at radius 3 is 2.79 bits per heavy atom. The van der Waals surface area contributed by atoms with Crippen LogP contribution in [-0.2, 0) is 17.9 Å². The van der Waals surface area contributed by atoms with E-state index in [1.807, 2.05) is 39.7 Å². The summed E-state index contributed by atoms with van der Waals surface area (Å²) in [5, 5.41) is 4.78. The van der Waals surface area contributed by atoms with Gasteiger partial charge in [-0.25, -0.2) is 0 Å². The van der Waals surface area contributed by atoms with E-state index < -0.39 is 0 Å². The van der Waals surface area contributed by atoms with Crippen LogP contribution in [0, 0.1) is 0 Å². The average molecular weight is 324 g/mol. The van der Waals surface area contributed by atoms with Crippen LogP contribution in [0.25, 0.3) is 10.9 Å². The van der Waals surface area contributed by atoms with Crippen molar-refractivity contribution in [1.29, 1.82) is 0 Å². The molecule has 2 heterocycles. The number of benzene rings is 1. The van der Waals surface area contributed by atoms with E-state index in [0.29, 0.717) is 11.9 Å². The van der Waals surface area contributed by atoms with Crippen LogP contribution in [0.5, 0.6) is 0 Å². The van der Waals surface area contributed by atoms with Crippen molar-refractivity contribution in [1.82, 2.24) is 19.2 Å². The van der Waals surface area contributed by atoms with Gasteiger partial charge in [-0.3, -0.25) is 14.3 Å². The van der Waals surface area contributed by atoms with Crippen molar-refractivity contribution < 1.29 is 4.79 Å². The molecule has 0 unspecified atom stereocenters. The molecule has 2 aromatic heterocycles. The lowest BCUT2D eigenvalue weighted by Gasteiger charge is -2.19. The van der Waals surface area contributed by atoms with Crippen LogP contribution in [0.1, 0.15) is 6.42 Å². The molecule has 0 aliphatic rings. The first kappa shape index (κ1) is 16.0. The fraction of sp³-hybridized carbons (Fsp3) is 0.278. The zero-order valence-corrected chi connectivity index (χ0v) is 13.6. The van der Waals surface area contributed by atoms with Crippen LogP contribution in [0.2, 0.25) is 0 Å². The van der Waals surface area contributed by atoms with Crippen LogP contribution in [-0.4, -0.2) is 38.7 Å². The van der Waals surface area contributed by atoms with E-state index in [2.05, 4.69) is 5.10 Å². The van der Waals surface area contributed by atoms with Gasteiger partial charge >= 0.3 is 0 Å². The minimum absolute atomic E-state index is 0.0178. The van der Waals surface area contributed by atoms with Crippen molar-refractivity contribution in [3.8, 4) is 0 Å². The summed E-state index contributed by atoms with van der Waals surface area (Å²) in [6.45, 7) is 1.67. The summed E-state index contributed by atoms with van der Waals surface area (Å²) in [5.74, 6) is 0.0178. The van der Waals surface area contributed by atoms with Crippen LogP contribution in [0.4, 0.5) is 0 Å². The van der Waals surface area contributed by atoms with E-state index in [4.69, 9.17) is 0 Å². The van der Waals surface area contributed by atoms with Crippen molar-refractivity contribution in [3.05, 3.63) is 65.2 Å². The summed E-state index contributed by atoms with van der Waals surface area (Å²) in [6.07, 6.45) is 6.18. The molecule has 0 radical (unpaired) electrons. The first-order valence-electron chi connectivity index (χ1n) is 7.95. The second-order valence-electron chi connectivity index (χ2n) is 5.76. The van der Waals surface area contributed by atoms with E-state index in [9.17, 15) is 9.59 Å². The summed E-state index contributed by atoms with van der Waals surface area (Å²) >= 11 is 0. The largest absolute Gasteiger partial charge is 0.344 e. The third kappa shape index (κ3) is 3.53. The van der Waals surface area contributed by atoms with Crippen LogP contribution in [0.3, 0.4) is 0 Å². The lowest BCUT2D eigenvalue weighted by Crippen LogP contribution is -2.32. The van der Waals surface area contributed by atoms with E-state index in [0.717, 1.165) is 18.5 Å².